The third-order valence-electron chi connectivity index (χ3n) is 3.34. The van der Waals surface area contributed by atoms with E-state index in [9.17, 15) is 8.78 Å². The van der Waals surface area contributed by atoms with Crippen LogP contribution in [0.1, 0.15) is 19.8 Å². The lowest BCUT2D eigenvalue weighted by molar-refractivity contribution is -0.0498. The third-order valence-corrected chi connectivity index (χ3v) is 3.34. The molecule has 1 N–H and O–H groups in total. The molecular weight excluding hydrogens is 250 g/mol. The van der Waals surface area contributed by atoms with Crippen LogP contribution in [0.5, 0.6) is 5.75 Å². The van der Waals surface area contributed by atoms with E-state index in [1.165, 1.54) is 6.42 Å². The minimum Gasteiger partial charge on any atom is -0.435 e. The predicted molar refractivity (Wildman–Crippen MR) is 72.0 cm³/mol. The highest BCUT2D eigenvalue weighted by Gasteiger charge is 2.19. The largest absolute Gasteiger partial charge is 0.435 e. The number of nitrogens with zero attached hydrogens (tertiary/aromatic N) is 1. The highest BCUT2D eigenvalue weighted by Crippen LogP contribution is 2.23. The number of halogens is 2. The van der Waals surface area contributed by atoms with Gasteiger partial charge < -0.3 is 15.0 Å². The first kappa shape index (κ1) is 14.1. The molecule has 0 radical (unpaired) electrons. The Balaban J connectivity index is 1.97. The van der Waals surface area contributed by atoms with E-state index in [2.05, 4.69) is 21.9 Å². The Morgan fingerprint density at radius 1 is 1.37 bits per heavy atom. The number of anilines is 1. The monoisotopic (exact) mass is 270 g/mol. The number of hydrogen-bond donors (Lipinski definition) is 1. The van der Waals surface area contributed by atoms with E-state index in [0.717, 1.165) is 31.7 Å². The van der Waals surface area contributed by atoms with Gasteiger partial charge in [-0.1, -0.05) is 6.92 Å². The zero-order chi connectivity index (χ0) is 13.7. The fraction of sp³-hybridized carbons (Fsp3) is 0.571. The molecule has 2 rings (SSSR count). The molecule has 1 heterocycles. The smallest absolute Gasteiger partial charge is 0.387 e. The molecule has 0 aromatic heterocycles. The lowest BCUT2D eigenvalue weighted by Gasteiger charge is -2.34. The lowest BCUT2D eigenvalue weighted by Crippen LogP contribution is -2.45. The number of benzene rings is 1. The first-order valence-electron chi connectivity index (χ1n) is 6.72. The number of ether oxygens (including phenoxy) is 1. The SMILES string of the molecule is CCNC1CCCN(c2ccc(OC(F)F)cc2)C1. The van der Waals surface area contributed by atoms with Gasteiger partial charge in [-0.2, -0.15) is 8.78 Å². The summed E-state index contributed by atoms with van der Waals surface area (Å²) in [4.78, 5) is 2.28. The van der Waals surface area contributed by atoms with Crippen molar-refractivity contribution >= 4 is 5.69 Å². The molecule has 0 spiro atoms. The van der Waals surface area contributed by atoms with Crippen molar-refractivity contribution in [2.45, 2.75) is 32.4 Å². The van der Waals surface area contributed by atoms with E-state index in [1.807, 2.05) is 12.1 Å². The van der Waals surface area contributed by atoms with Crippen molar-refractivity contribution in [2.24, 2.45) is 0 Å². The van der Waals surface area contributed by atoms with E-state index >= 15 is 0 Å². The second kappa shape index (κ2) is 6.70. The normalized spacial score (nSPS) is 19.8. The Labute approximate surface area is 112 Å². The van der Waals surface area contributed by atoms with Gasteiger partial charge in [0.2, 0.25) is 0 Å². The van der Waals surface area contributed by atoms with E-state index in [1.54, 1.807) is 12.1 Å². The fourth-order valence-electron chi connectivity index (χ4n) is 2.51. The van der Waals surface area contributed by atoms with Crippen LogP contribution >= 0.6 is 0 Å². The molecule has 1 fully saturated rings. The molecule has 1 unspecified atom stereocenters. The topological polar surface area (TPSA) is 24.5 Å². The van der Waals surface area contributed by atoms with Gasteiger partial charge in [0.15, 0.2) is 0 Å². The summed E-state index contributed by atoms with van der Waals surface area (Å²) in [7, 11) is 0. The van der Waals surface area contributed by atoms with Crippen LogP contribution in [0.15, 0.2) is 24.3 Å². The summed E-state index contributed by atoms with van der Waals surface area (Å²) in [6.45, 7) is 2.29. The standard InChI is InChI=1S/C14H20F2N2O/c1-2-17-11-4-3-9-18(10-11)12-5-7-13(8-6-12)19-14(15)16/h5-8,11,14,17H,2-4,9-10H2,1H3. The molecule has 0 bridgehead atoms. The molecule has 1 aliphatic rings. The van der Waals surface area contributed by atoms with Gasteiger partial charge in [-0.3, -0.25) is 0 Å². The van der Waals surface area contributed by atoms with Gasteiger partial charge in [-0.25, -0.2) is 0 Å². The maximum absolute atomic E-state index is 12.1. The number of alkyl halides is 2. The average molecular weight is 270 g/mol. The van der Waals surface area contributed by atoms with Gasteiger partial charge in [0, 0.05) is 24.8 Å². The van der Waals surface area contributed by atoms with Crippen LogP contribution < -0.4 is 15.0 Å². The fourth-order valence-corrected chi connectivity index (χ4v) is 2.51. The Kier molecular flexibility index (Phi) is 4.96. The molecular formula is C14H20F2N2O. The van der Waals surface area contributed by atoms with Gasteiger partial charge in [-0.15, -0.1) is 0 Å². The number of likely N-dealkylation sites (N-methyl/N-ethyl adjacent to an activating group) is 1. The second-order valence-electron chi connectivity index (χ2n) is 4.72. The minimum absolute atomic E-state index is 0.207. The summed E-state index contributed by atoms with van der Waals surface area (Å²) >= 11 is 0. The molecule has 1 atom stereocenters. The van der Waals surface area contributed by atoms with Crippen LogP contribution in [-0.2, 0) is 0 Å². The number of nitrogens with one attached hydrogen (secondary N) is 1. The molecule has 5 heteroatoms. The van der Waals surface area contributed by atoms with Crippen molar-refractivity contribution in [1.82, 2.24) is 5.32 Å². The number of rotatable bonds is 5. The van der Waals surface area contributed by atoms with Crippen LogP contribution in [0.3, 0.4) is 0 Å². The van der Waals surface area contributed by atoms with Crippen molar-refractivity contribution < 1.29 is 13.5 Å². The summed E-state index contributed by atoms with van der Waals surface area (Å²) in [6.07, 6.45) is 2.34. The third kappa shape index (κ3) is 4.06. The lowest BCUT2D eigenvalue weighted by atomic mass is 10.0. The summed E-state index contributed by atoms with van der Waals surface area (Å²) in [5.41, 5.74) is 1.06. The zero-order valence-corrected chi connectivity index (χ0v) is 11.1. The van der Waals surface area contributed by atoms with Gasteiger partial charge >= 0.3 is 6.61 Å². The molecule has 19 heavy (non-hydrogen) atoms. The highest BCUT2D eigenvalue weighted by atomic mass is 19.3. The molecule has 0 saturated carbocycles. The number of piperidine rings is 1. The quantitative estimate of drug-likeness (QED) is 0.890. The average Bonchev–Trinajstić information content (AvgIpc) is 2.40. The molecule has 0 aliphatic carbocycles. The van der Waals surface area contributed by atoms with Crippen molar-refractivity contribution in [3.8, 4) is 5.75 Å². The highest BCUT2D eigenvalue weighted by molar-refractivity contribution is 5.49. The molecule has 1 saturated heterocycles. The Morgan fingerprint density at radius 2 is 2.11 bits per heavy atom. The molecule has 1 aromatic rings. The van der Waals surface area contributed by atoms with Crippen LogP contribution in [0.4, 0.5) is 14.5 Å². The van der Waals surface area contributed by atoms with Crippen molar-refractivity contribution in [2.75, 3.05) is 24.5 Å². The van der Waals surface area contributed by atoms with Crippen LogP contribution in [-0.4, -0.2) is 32.3 Å². The van der Waals surface area contributed by atoms with Gasteiger partial charge in [0.25, 0.3) is 0 Å². The number of hydrogen-bond acceptors (Lipinski definition) is 3. The van der Waals surface area contributed by atoms with Crippen LogP contribution in [0.2, 0.25) is 0 Å². The van der Waals surface area contributed by atoms with E-state index in [-0.39, 0.29) is 5.75 Å². The van der Waals surface area contributed by atoms with E-state index < -0.39 is 6.61 Å². The van der Waals surface area contributed by atoms with Gasteiger partial charge in [0.05, 0.1) is 0 Å². The van der Waals surface area contributed by atoms with Crippen molar-refractivity contribution in [3.63, 3.8) is 0 Å². The molecule has 0 amide bonds. The predicted octanol–water partition coefficient (Wildman–Crippen LogP) is 2.87. The van der Waals surface area contributed by atoms with E-state index in [0.29, 0.717) is 6.04 Å². The Hall–Kier alpha value is -1.36. The van der Waals surface area contributed by atoms with Gasteiger partial charge in [0.1, 0.15) is 5.75 Å². The Morgan fingerprint density at radius 3 is 2.74 bits per heavy atom. The Bertz CT molecular complexity index is 382. The second-order valence-corrected chi connectivity index (χ2v) is 4.72. The first-order valence-corrected chi connectivity index (χ1v) is 6.72. The summed E-state index contributed by atoms with van der Waals surface area (Å²) in [5, 5.41) is 3.46. The maximum atomic E-state index is 12.1. The molecule has 106 valence electrons. The van der Waals surface area contributed by atoms with Crippen LogP contribution in [0.25, 0.3) is 0 Å². The minimum atomic E-state index is -2.76. The van der Waals surface area contributed by atoms with Gasteiger partial charge in [-0.05, 0) is 43.7 Å². The zero-order valence-electron chi connectivity index (χ0n) is 11.1. The van der Waals surface area contributed by atoms with Crippen molar-refractivity contribution in [3.05, 3.63) is 24.3 Å². The summed E-state index contributed by atoms with van der Waals surface area (Å²) < 4.78 is 28.5. The maximum Gasteiger partial charge on any atom is 0.387 e. The molecule has 1 aliphatic heterocycles. The summed E-state index contributed by atoms with van der Waals surface area (Å²) in [5.74, 6) is 0.207. The van der Waals surface area contributed by atoms with E-state index in [4.69, 9.17) is 0 Å². The summed E-state index contributed by atoms with van der Waals surface area (Å²) in [6, 6.07) is 7.38. The molecule has 1 aromatic carbocycles. The first-order chi connectivity index (χ1) is 9.19. The van der Waals surface area contributed by atoms with Crippen molar-refractivity contribution in [1.29, 1.82) is 0 Å². The van der Waals surface area contributed by atoms with Crippen LogP contribution in [0, 0.1) is 0 Å². The molecule has 3 nitrogen and oxygen atoms in total.